The van der Waals surface area contributed by atoms with Crippen molar-refractivity contribution in [3.05, 3.63) is 35.9 Å². The minimum atomic E-state index is 0.489. The van der Waals surface area contributed by atoms with Crippen molar-refractivity contribution < 1.29 is 0 Å². The molecular weight excluding hydrogens is 242 g/mol. The topological polar surface area (TPSA) is 3.24 Å². The highest BCUT2D eigenvalue weighted by Crippen LogP contribution is 2.70. The van der Waals surface area contributed by atoms with E-state index in [-0.39, 0.29) is 0 Å². The van der Waals surface area contributed by atoms with Gasteiger partial charge in [-0.3, -0.25) is 0 Å². The maximum Gasteiger partial charge on any atom is 0.0375 e. The van der Waals surface area contributed by atoms with Crippen LogP contribution in [0.5, 0.6) is 0 Å². The normalized spacial score (nSPS) is 36.5. The average molecular weight is 271 g/mol. The van der Waals surface area contributed by atoms with Crippen LogP contribution in [0.15, 0.2) is 30.3 Å². The summed E-state index contributed by atoms with van der Waals surface area (Å²) in [6.45, 7) is 7.59. The maximum absolute atomic E-state index is 2.56. The molecule has 0 radical (unpaired) electrons. The quantitative estimate of drug-likeness (QED) is 0.766. The molecule has 2 fully saturated rings. The van der Waals surface area contributed by atoms with Crippen LogP contribution in [0.1, 0.15) is 51.6 Å². The molecule has 0 amide bonds. The fourth-order valence-corrected chi connectivity index (χ4v) is 5.28. The zero-order valence-corrected chi connectivity index (χ0v) is 13.7. The number of hydrogen-bond acceptors (Lipinski definition) is 1. The smallest absolute Gasteiger partial charge is 0.0375 e. The lowest BCUT2D eigenvalue weighted by atomic mass is 9.64. The molecular formula is C19H29N. The lowest BCUT2D eigenvalue weighted by Crippen LogP contribution is -2.39. The molecule has 1 heteroatoms. The third-order valence-electron chi connectivity index (χ3n) is 6.94. The highest BCUT2D eigenvalue weighted by molar-refractivity contribution is 5.23. The Bertz CT molecular complexity index is 476. The van der Waals surface area contributed by atoms with Gasteiger partial charge in [0, 0.05) is 6.04 Å². The largest absolute Gasteiger partial charge is 0.302 e. The zero-order chi connectivity index (χ0) is 14.5. The average Bonchev–Trinajstić information content (AvgIpc) is 2.73. The van der Waals surface area contributed by atoms with Crippen molar-refractivity contribution in [1.82, 2.24) is 4.90 Å². The van der Waals surface area contributed by atoms with Crippen molar-refractivity contribution in [2.45, 2.75) is 46.1 Å². The second kappa shape index (κ2) is 4.59. The van der Waals surface area contributed by atoms with Gasteiger partial charge in [-0.25, -0.2) is 0 Å². The van der Waals surface area contributed by atoms with E-state index in [1.165, 1.54) is 24.8 Å². The van der Waals surface area contributed by atoms with Gasteiger partial charge >= 0.3 is 0 Å². The Morgan fingerprint density at radius 1 is 1.10 bits per heavy atom. The van der Waals surface area contributed by atoms with Crippen molar-refractivity contribution in [2.24, 2.45) is 22.7 Å². The number of nitrogens with zero attached hydrogens (tertiary/aromatic N) is 1. The van der Waals surface area contributed by atoms with E-state index in [0.717, 1.165) is 11.8 Å². The van der Waals surface area contributed by atoms with Crippen LogP contribution in [-0.2, 0) is 0 Å². The van der Waals surface area contributed by atoms with Crippen LogP contribution in [0.4, 0.5) is 0 Å². The van der Waals surface area contributed by atoms with Crippen molar-refractivity contribution in [2.75, 3.05) is 14.1 Å². The monoisotopic (exact) mass is 271 g/mol. The maximum atomic E-state index is 2.56. The molecule has 0 N–H and O–H groups in total. The summed E-state index contributed by atoms with van der Waals surface area (Å²) in [5.74, 6) is 1.71. The molecule has 0 aliphatic heterocycles. The van der Waals surface area contributed by atoms with Gasteiger partial charge in [-0.1, -0.05) is 51.1 Å². The highest BCUT2D eigenvalue weighted by atomic mass is 15.1. The van der Waals surface area contributed by atoms with Gasteiger partial charge in [-0.2, -0.15) is 0 Å². The SMILES string of the molecule is CN(C)C(c1ccccc1)C1CC2CCC1(C)C2(C)C. The van der Waals surface area contributed by atoms with Crippen LogP contribution < -0.4 is 0 Å². The Kier molecular flexibility index (Phi) is 3.25. The molecule has 4 atom stereocenters. The van der Waals surface area contributed by atoms with Crippen LogP contribution in [0.25, 0.3) is 0 Å². The third-order valence-corrected chi connectivity index (χ3v) is 6.94. The van der Waals surface area contributed by atoms with E-state index in [9.17, 15) is 0 Å². The number of fused-ring (bicyclic) bond motifs is 2. The second-order valence-electron chi connectivity index (χ2n) is 8.04. The first-order chi connectivity index (χ1) is 9.38. The number of rotatable bonds is 3. The number of benzene rings is 1. The Balaban J connectivity index is 1.99. The summed E-state index contributed by atoms with van der Waals surface area (Å²) in [5.41, 5.74) is 2.48. The second-order valence-corrected chi connectivity index (χ2v) is 8.04. The molecule has 2 bridgehead atoms. The summed E-state index contributed by atoms with van der Waals surface area (Å²) in [6.07, 6.45) is 4.25. The zero-order valence-electron chi connectivity index (χ0n) is 13.7. The Labute approximate surface area is 124 Å². The lowest BCUT2D eigenvalue weighted by Gasteiger charge is -2.45. The van der Waals surface area contributed by atoms with Crippen LogP contribution >= 0.6 is 0 Å². The van der Waals surface area contributed by atoms with E-state index >= 15 is 0 Å². The fraction of sp³-hybridized carbons (Fsp3) is 0.684. The van der Waals surface area contributed by atoms with E-state index in [2.05, 4.69) is 70.1 Å². The van der Waals surface area contributed by atoms with Gasteiger partial charge in [0.1, 0.15) is 0 Å². The summed E-state index contributed by atoms with van der Waals surface area (Å²) in [4.78, 5) is 2.45. The standard InChI is InChI=1S/C19H29N/c1-18(2)15-11-12-19(18,3)16(13-15)17(20(4)5)14-9-7-6-8-10-14/h6-10,15-17H,11-13H2,1-5H3. The molecule has 1 nitrogen and oxygen atoms in total. The van der Waals surface area contributed by atoms with Gasteiger partial charge in [0.25, 0.3) is 0 Å². The molecule has 0 spiro atoms. The van der Waals surface area contributed by atoms with Crippen molar-refractivity contribution in [3.8, 4) is 0 Å². The molecule has 2 aliphatic carbocycles. The van der Waals surface area contributed by atoms with Gasteiger partial charge in [0.15, 0.2) is 0 Å². The summed E-state index contributed by atoms with van der Waals surface area (Å²) in [5, 5.41) is 0. The van der Waals surface area contributed by atoms with E-state index < -0.39 is 0 Å². The van der Waals surface area contributed by atoms with Gasteiger partial charge in [-0.15, -0.1) is 0 Å². The number of hydrogen-bond donors (Lipinski definition) is 0. The summed E-state index contributed by atoms with van der Waals surface area (Å²) >= 11 is 0. The molecule has 0 heterocycles. The van der Waals surface area contributed by atoms with Gasteiger partial charge in [0.2, 0.25) is 0 Å². The first kappa shape index (κ1) is 14.1. The minimum absolute atomic E-state index is 0.489. The minimum Gasteiger partial charge on any atom is -0.302 e. The third kappa shape index (κ3) is 1.79. The van der Waals surface area contributed by atoms with E-state index in [1.807, 2.05) is 0 Å². The summed E-state index contributed by atoms with van der Waals surface area (Å²) in [6, 6.07) is 11.7. The molecule has 110 valence electrons. The molecule has 20 heavy (non-hydrogen) atoms. The van der Waals surface area contributed by atoms with Gasteiger partial charge < -0.3 is 4.90 Å². The molecule has 1 aromatic rings. The van der Waals surface area contributed by atoms with Crippen molar-refractivity contribution in [1.29, 1.82) is 0 Å². The predicted octanol–water partition coefficient (Wildman–Crippen LogP) is 4.75. The fourth-order valence-electron chi connectivity index (χ4n) is 5.28. The van der Waals surface area contributed by atoms with Gasteiger partial charge in [-0.05, 0) is 61.6 Å². The van der Waals surface area contributed by atoms with Crippen molar-refractivity contribution in [3.63, 3.8) is 0 Å². The van der Waals surface area contributed by atoms with E-state index in [0.29, 0.717) is 16.9 Å². The summed E-state index contributed by atoms with van der Waals surface area (Å²) in [7, 11) is 4.50. The van der Waals surface area contributed by atoms with Gasteiger partial charge in [0.05, 0.1) is 0 Å². The first-order valence-electron chi connectivity index (χ1n) is 8.09. The Hall–Kier alpha value is -0.820. The summed E-state index contributed by atoms with van der Waals surface area (Å²) < 4.78 is 0. The van der Waals surface area contributed by atoms with Crippen LogP contribution in [-0.4, -0.2) is 19.0 Å². The predicted molar refractivity (Wildman–Crippen MR) is 85.6 cm³/mol. The molecule has 3 rings (SSSR count). The highest BCUT2D eigenvalue weighted by Gasteiger charge is 2.62. The molecule has 4 unspecified atom stereocenters. The van der Waals surface area contributed by atoms with Crippen molar-refractivity contribution >= 4 is 0 Å². The van der Waals surface area contributed by atoms with Crippen LogP contribution in [0.2, 0.25) is 0 Å². The molecule has 2 saturated carbocycles. The first-order valence-corrected chi connectivity index (χ1v) is 8.09. The molecule has 1 aromatic carbocycles. The molecule has 0 aromatic heterocycles. The van der Waals surface area contributed by atoms with Crippen LogP contribution in [0.3, 0.4) is 0 Å². The lowest BCUT2D eigenvalue weighted by molar-refractivity contribution is 0.0474. The molecule has 0 saturated heterocycles. The Morgan fingerprint density at radius 2 is 1.75 bits per heavy atom. The Morgan fingerprint density at radius 3 is 2.20 bits per heavy atom. The van der Waals surface area contributed by atoms with Crippen LogP contribution in [0, 0.1) is 22.7 Å². The molecule has 2 aliphatic rings. The van der Waals surface area contributed by atoms with E-state index in [1.54, 1.807) is 0 Å². The van der Waals surface area contributed by atoms with E-state index in [4.69, 9.17) is 0 Å².